The number of hydrogen-bond donors (Lipinski definition) is 2. The van der Waals surface area contributed by atoms with Crippen LogP contribution in [-0.2, 0) is 16.4 Å². The van der Waals surface area contributed by atoms with Gasteiger partial charge < -0.3 is 10.1 Å². The van der Waals surface area contributed by atoms with Crippen molar-refractivity contribution in [2.75, 3.05) is 39.5 Å². The van der Waals surface area contributed by atoms with E-state index in [1.807, 2.05) is 6.07 Å². The first-order valence-electron chi connectivity index (χ1n) is 9.33. The van der Waals surface area contributed by atoms with Crippen LogP contribution in [0.1, 0.15) is 36.4 Å². The molecule has 0 bridgehead atoms. The fourth-order valence-corrected chi connectivity index (χ4v) is 4.78. The number of nitriles is 1. The van der Waals surface area contributed by atoms with Crippen molar-refractivity contribution in [3.63, 3.8) is 0 Å². The molecule has 2 aliphatic heterocycles. The largest absolute Gasteiger partial charge is 0.497 e. The molecule has 2 atom stereocenters. The standard InChI is InChI=1S/C19H28N4O3S/c1-26-16-3-4-17-15(13-16)5-11-23-12-7-19(6-8-20,14-18(17)23)21-9-10-22-27(2,24)25/h3-4,13,18,21-22H,5-7,9-12,14H2,1-2H3. The van der Waals surface area contributed by atoms with E-state index < -0.39 is 10.0 Å². The Balaban J connectivity index is 1.75. The number of rotatable bonds is 7. The summed E-state index contributed by atoms with van der Waals surface area (Å²) in [4.78, 5) is 2.50. The number of methoxy groups -OCH3 is 1. The normalized spacial score (nSPS) is 25.3. The highest BCUT2D eigenvalue weighted by Crippen LogP contribution is 2.42. The van der Waals surface area contributed by atoms with Crippen molar-refractivity contribution in [2.24, 2.45) is 0 Å². The average molecular weight is 393 g/mol. The Bertz CT molecular complexity index is 821. The molecule has 27 heavy (non-hydrogen) atoms. The van der Waals surface area contributed by atoms with Gasteiger partial charge in [-0.1, -0.05) is 6.07 Å². The number of sulfonamides is 1. The lowest BCUT2D eigenvalue weighted by Gasteiger charge is -2.49. The van der Waals surface area contributed by atoms with Gasteiger partial charge in [-0.05, 0) is 42.5 Å². The Labute approximate surface area is 161 Å². The van der Waals surface area contributed by atoms with Gasteiger partial charge in [0.25, 0.3) is 0 Å². The lowest BCUT2D eigenvalue weighted by atomic mass is 9.76. The summed E-state index contributed by atoms with van der Waals surface area (Å²) in [7, 11) is -1.52. The highest BCUT2D eigenvalue weighted by molar-refractivity contribution is 7.88. The first-order valence-corrected chi connectivity index (χ1v) is 11.2. The van der Waals surface area contributed by atoms with Crippen LogP contribution < -0.4 is 14.8 Å². The molecule has 2 N–H and O–H groups in total. The van der Waals surface area contributed by atoms with Gasteiger partial charge in [0.2, 0.25) is 10.0 Å². The van der Waals surface area contributed by atoms with Crippen LogP contribution in [0.2, 0.25) is 0 Å². The van der Waals surface area contributed by atoms with Gasteiger partial charge in [-0.25, -0.2) is 13.1 Å². The monoisotopic (exact) mass is 392 g/mol. The molecular weight excluding hydrogens is 364 g/mol. The second kappa shape index (κ2) is 8.15. The lowest BCUT2D eigenvalue weighted by molar-refractivity contribution is 0.0703. The van der Waals surface area contributed by atoms with Gasteiger partial charge in [-0.2, -0.15) is 5.26 Å². The first-order chi connectivity index (χ1) is 12.9. The molecule has 0 saturated carbocycles. The summed E-state index contributed by atoms with van der Waals surface area (Å²) in [6.45, 7) is 2.79. The fraction of sp³-hybridized carbons (Fsp3) is 0.632. The van der Waals surface area contributed by atoms with Crippen LogP contribution in [0, 0.1) is 11.3 Å². The number of hydrogen-bond acceptors (Lipinski definition) is 6. The Kier molecular flexibility index (Phi) is 6.06. The minimum atomic E-state index is -3.20. The van der Waals surface area contributed by atoms with E-state index in [-0.39, 0.29) is 11.6 Å². The minimum Gasteiger partial charge on any atom is -0.497 e. The van der Waals surface area contributed by atoms with Crippen molar-refractivity contribution in [1.29, 1.82) is 5.26 Å². The molecule has 2 heterocycles. The molecule has 0 radical (unpaired) electrons. The third-order valence-electron chi connectivity index (χ3n) is 5.69. The second-order valence-electron chi connectivity index (χ2n) is 7.53. The summed E-state index contributed by atoms with van der Waals surface area (Å²) in [6.07, 6.45) is 4.33. The molecule has 1 fully saturated rings. The van der Waals surface area contributed by atoms with Gasteiger partial charge in [-0.3, -0.25) is 4.90 Å². The van der Waals surface area contributed by atoms with Gasteiger partial charge in [0, 0.05) is 37.8 Å². The van der Waals surface area contributed by atoms with Crippen LogP contribution in [0.15, 0.2) is 18.2 Å². The van der Waals surface area contributed by atoms with Crippen molar-refractivity contribution in [3.8, 4) is 11.8 Å². The molecule has 0 aromatic heterocycles. The lowest BCUT2D eigenvalue weighted by Crippen LogP contribution is -2.56. The predicted molar refractivity (Wildman–Crippen MR) is 104 cm³/mol. The molecule has 1 aromatic rings. The number of benzene rings is 1. The smallest absolute Gasteiger partial charge is 0.208 e. The Morgan fingerprint density at radius 1 is 1.37 bits per heavy atom. The molecule has 7 nitrogen and oxygen atoms in total. The third-order valence-corrected chi connectivity index (χ3v) is 6.42. The maximum absolute atomic E-state index is 11.3. The van der Waals surface area contributed by atoms with Crippen molar-refractivity contribution in [3.05, 3.63) is 29.3 Å². The summed E-state index contributed by atoms with van der Waals surface area (Å²) < 4.78 is 30.4. The maximum Gasteiger partial charge on any atom is 0.208 e. The molecule has 0 amide bonds. The number of piperidine rings is 1. The van der Waals surface area contributed by atoms with Crippen LogP contribution in [-0.4, -0.2) is 58.4 Å². The summed E-state index contributed by atoms with van der Waals surface area (Å²) in [5.41, 5.74) is 2.35. The maximum atomic E-state index is 11.3. The molecule has 0 spiro atoms. The SMILES string of the molecule is COc1ccc2c(c1)CCN1CCC(CC#N)(NCCNS(C)(=O)=O)CC21. The molecule has 1 aromatic carbocycles. The average Bonchev–Trinajstić information content (AvgIpc) is 2.64. The van der Waals surface area contributed by atoms with Crippen LogP contribution >= 0.6 is 0 Å². The summed E-state index contributed by atoms with van der Waals surface area (Å²) in [6, 6.07) is 8.89. The first kappa shape index (κ1) is 20.1. The highest BCUT2D eigenvalue weighted by Gasteiger charge is 2.42. The van der Waals surface area contributed by atoms with Crippen molar-refractivity contribution < 1.29 is 13.2 Å². The summed E-state index contributed by atoms with van der Waals surface area (Å²) in [5, 5.41) is 12.9. The minimum absolute atomic E-state index is 0.275. The van der Waals surface area contributed by atoms with Gasteiger partial charge in [0.1, 0.15) is 5.75 Å². The van der Waals surface area contributed by atoms with Crippen LogP contribution in [0.25, 0.3) is 0 Å². The van der Waals surface area contributed by atoms with Gasteiger partial charge in [0.15, 0.2) is 0 Å². The van der Waals surface area contributed by atoms with E-state index in [4.69, 9.17) is 4.74 Å². The number of ether oxygens (including phenoxy) is 1. The Morgan fingerprint density at radius 2 is 2.19 bits per heavy atom. The molecule has 148 valence electrons. The molecule has 2 aliphatic rings. The number of nitrogens with zero attached hydrogens (tertiary/aromatic N) is 2. The van der Waals surface area contributed by atoms with E-state index in [0.717, 1.165) is 44.4 Å². The quantitative estimate of drug-likeness (QED) is 0.677. The summed E-state index contributed by atoms with van der Waals surface area (Å²) >= 11 is 0. The fourth-order valence-electron chi connectivity index (χ4n) is 4.30. The molecule has 8 heteroatoms. The van der Waals surface area contributed by atoms with E-state index in [0.29, 0.717) is 19.5 Å². The van der Waals surface area contributed by atoms with Gasteiger partial charge in [-0.15, -0.1) is 0 Å². The molecule has 2 unspecified atom stereocenters. The molecule has 3 rings (SSSR count). The number of nitrogens with one attached hydrogen (secondary N) is 2. The zero-order valence-electron chi connectivity index (χ0n) is 16.0. The van der Waals surface area contributed by atoms with E-state index in [2.05, 4.69) is 33.1 Å². The summed E-state index contributed by atoms with van der Waals surface area (Å²) in [5.74, 6) is 0.881. The Hall–Kier alpha value is -1.66. The van der Waals surface area contributed by atoms with Gasteiger partial charge >= 0.3 is 0 Å². The van der Waals surface area contributed by atoms with Crippen molar-refractivity contribution in [1.82, 2.24) is 14.9 Å². The van der Waals surface area contributed by atoms with E-state index >= 15 is 0 Å². The molecular formula is C19H28N4O3S. The Morgan fingerprint density at radius 3 is 2.89 bits per heavy atom. The van der Waals surface area contributed by atoms with E-state index in [1.54, 1.807) is 7.11 Å². The third kappa shape index (κ3) is 4.79. The zero-order valence-corrected chi connectivity index (χ0v) is 16.8. The van der Waals surface area contributed by atoms with E-state index in [9.17, 15) is 13.7 Å². The zero-order chi connectivity index (χ0) is 19.5. The van der Waals surface area contributed by atoms with Crippen LogP contribution in [0.5, 0.6) is 5.75 Å². The topological polar surface area (TPSA) is 94.5 Å². The second-order valence-corrected chi connectivity index (χ2v) is 9.36. The molecule has 0 aliphatic carbocycles. The molecule has 1 saturated heterocycles. The van der Waals surface area contributed by atoms with Gasteiger partial charge in [0.05, 0.1) is 25.9 Å². The highest BCUT2D eigenvalue weighted by atomic mass is 32.2. The van der Waals surface area contributed by atoms with Crippen molar-refractivity contribution in [2.45, 2.75) is 37.3 Å². The van der Waals surface area contributed by atoms with E-state index in [1.165, 1.54) is 11.1 Å². The van der Waals surface area contributed by atoms with Crippen LogP contribution in [0.3, 0.4) is 0 Å². The van der Waals surface area contributed by atoms with Crippen molar-refractivity contribution >= 4 is 10.0 Å². The van der Waals surface area contributed by atoms with Crippen LogP contribution in [0.4, 0.5) is 0 Å². The predicted octanol–water partition coefficient (Wildman–Crippen LogP) is 1.18. The number of fused-ring (bicyclic) bond motifs is 3.